The van der Waals surface area contributed by atoms with Crippen LogP contribution >= 0.6 is 0 Å². The Morgan fingerprint density at radius 2 is 1.96 bits per heavy atom. The van der Waals surface area contributed by atoms with Gasteiger partial charge in [0.1, 0.15) is 19.0 Å². The van der Waals surface area contributed by atoms with Gasteiger partial charge in [-0.05, 0) is 37.6 Å². The first-order valence-corrected chi connectivity index (χ1v) is 7.60. The first kappa shape index (κ1) is 14.3. The lowest BCUT2D eigenvalue weighted by atomic mass is 10.1. The normalized spacial score (nSPS) is 12.4. The third-order valence-electron chi connectivity index (χ3n) is 3.84. The van der Waals surface area contributed by atoms with Gasteiger partial charge in [0.05, 0.1) is 17.1 Å². The smallest absolute Gasteiger partial charge is 0.200 e. The Balaban J connectivity index is 1.59. The first-order chi connectivity index (χ1) is 11.7. The summed E-state index contributed by atoms with van der Waals surface area (Å²) < 4.78 is 3.41. The fourth-order valence-electron chi connectivity index (χ4n) is 2.63. The zero-order chi connectivity index (χ0) is 16.5. The number of nitrogens with zero attached hydrogens (tertiary/aromatic N) is 7. The molecule has 1 aromatic carbocycles. The molecule has 0 aliphatic rings. The second-order valence-electron chi connectivity index (χ2n) is 5.60. The molecule has 24 heavy (non-hydrogen) atoms. The van der Waals surface area contributed by atoms with Crippen molar-refractivity contribution >= 4 is 11.3 Å². The summed E-state index contributed by atoms with van der Waals surface area (Å²) in [7, 11) is 0. The predicted molar refractivity (Wildman–Crippen MR) is 88.9 cm³/mol. The molecule has 0 bridgehead atoms. The minimum Gasteiger partial charge on any atom is -0.375 e. The van der Waals surface area contributed by atoms with Crippen LogP contribution in [0.1, 0.15) is 24.2 Å². The van der Waals surface area contributed by atoms with Gasteiger partial charge < -0.3 is 5.32 Å². The standard InChI is InChI=1S/C16H16N8/c1-11-7-15(16-21-18-10-24(16)22-11)20-12(2)13-3-5-14(6-4-13)23-9-17-8-19-23/h3-10,12,20H,1-2H3. The minimum atomic E-state index is 0.108. The number of hydrogen-bond donors (Lipinski definition) is 1. The topological polar surface area (TPSA) is 85.8 Å². The van der Waals surface area contributed by atoms with Crippen molar-refractivity contribution in [2.75, 3.05) is 5.32 Å². The second kappa shape index (κ2) is 5.73. The van der Waals surface area contributed by atoms with Crippen LogP contribution in [-0.4, -0.2) is 34.6 Å². The number of hydrogen-bond acceptors (Lipinski definition) is 6. The molecule has 0 amide bonds. The number of benzene rings is 1. The molecule has 0 aliphatic heterocycles. The highest BCUT2D eigenvalue weighted by Crippen LogP contribution is 2.23. The van der Waals surface area contributed by atoms with E-state index < -0.39 is 0 Å². The Bertz CT molecular complexity index is 956. The largest absolute Gasteiger partial charge is 0.375 e. The molecular weight excluding hydrogens is 304 g/mol. The highest BCUT2D eigenvalue weighted by molar-refractivity contribution is 5.67. The van der Waals surface area contributed by atoms with E-state index in [2.05, 4.69) is 49.8 Å². The van der Waals surface area contributed by atoms with Gasteiger partial charge in [-0.3, -0.25) is 0 Å². The molecule has 1 unspecified atom stereocenters. The van der Waals surface area contributed by atoms with Gasteiger partial charge in [0.2, 0.25) is 5.65 Å². The number of aromatic nitrogens is 7. The summed E-state index contributed by atoms with van der Waals surface area (Å²) in [5.41, 5.74) is 4.66. The maximum atomic E-state index is 4.35. The molecule has 0 fully saturated rings. The van der Waals surface area contributed by atoms with Gasteiger partial charge in [0.15, 0.2) is 0 Å². The van der Waals surface area contributed by atoms with Crippen molar-refractivity contribution in [1.29, 1.82) is 0 Å². The maximum Gasteiger partial charge on any atom is 0.200 e. The quantitative estimate of drug-likeness (QED) is 0.620. The lowest BCUT2D eigenvalue weighted by Crippen LogP contribution is -2.09. The van der Waals surface area contributed by atoms with Crippen LogP contribution in [0, 0.1) is 6.92 Å². The van der Waals surface area contributed by atoms with E-state index in [9.17, 15) is 0 Å². The molecule has 120 valence electrons. The van der Waals surface area contributed by atoms with Crippen LogP contribution in [0.4, 0.5) is 5.69 Å². The van der Waals surface area contributed by atoms with Crippen molar-refractivity contribution in [2.24, 2.45) is 0 Å². The van der Waals surface area contributed by atoms with Crippen LogP contribution < -0.4 is 5.32 Å². The van der Waals surface area contributed by atoms with Gasteiger partial charge in [-0.15, -0.1) is 10.2 Å². The van der Waals surface area contributed by atoms with E-state index in [1.807, 2.05) is 25.1 Å². The Morgan fingerprint density at radius 3 is 2.71 bits per heavy atom. The van der Waals surface area contributed by atoms with Crippen molar-refractivity contribution in [3.8, 4) is 5.69 Å². The van der Waals surface area contributed by atoms with Gasteiger partial charge >= 0.3 is 0 Å². The van der Waals surface area contributed by atoms with E-state index >= 15 is 0 Å². The van der Waals surface area contributed by atoms with Crippen LogP contribution in [0.15, 0.2) is 49.3 Å². The molecule has 0 saturated carbocycles. The molecule has 1 N–H and O–H groups in total. The Morgan fingerprint density at radius 1 is 1.12 bits per heavy atom. The lowest BCUT2D eigenvalue weighted by Gasteiger charge is -2.16. The molecule has 0 aliphatic carbocycles. The van der Waals surface area contributed by atoms with Gasteiger partial charge in [-0.25, -0.2) is 9.67 Å². The monoisotopic (exact) mass is 320 g/mol. The van der Waals surface area contributed by atoms with E-state index in [0.717, 1.165) is 22.6 Å². The average Bonchev–Trinajstić information content (AvgIpc) is 3.26. The maximum absolute atomic E-state index is 4.35. The van der Waals surface area contributed by atoms with E-state index in [4.69, 9.17) is 0 Å². The zero-order valence-electron chi connectivity index (χ0n) is 13.3. The molecule has 4 rings (SSSR count). The van der Waals surface area contributed by atoms with Gasteiger partial charge in [0, 0.05) is 6.04 Å². The molecule has 8 nitrogen and oxygen atoms in total. The van der Waals surface area contributed by atoms with Gasteiger partial charge in [0.25, 0.3) is 0 Å². The van der Waals surface area contributed by atoms with Crippen LogP contribution in [0.5, 0.6) is 0 Å². The van der Waals surface area contributed by atoms with Gasteiger partial charge in [-0.1, -0.05) is 12.1 Å². The third-order valence-corrected chi connectivity index (χ3v) is 3.84. The number of aryl methyl sites for hydroxylation is 1. The van der Waals surface area contributed by atoms with E-state index in [-0.39, 0.29) is 6.04 Å². The molecular formula is C16H16N8. The summed E-state index contributed by atoms with van der Waals surface area (Å²) >= 11 is 0. The number of fused-ring (bicyclic) bond motifs is 1. The lowest BCUT2D eigenvalue weighted by molar-refractivity contribution is 0.854. The van der Waals surface area contributed by atoms with Gasteiger partial charge in [-0.2, -0.15) is 14.7 Å². The minimum absolute atomic E-state index is 0.108. The molecule has 0 radical (unpaired) electrons. The number of nitrogens with one attached hydrogen (secondary N) is 1. The first-order valence-electron chi connectivity index (χ1n) is 7.60. The Hall–Kier alpha value is -3.29. The van der Waals surface area contributed by atoms with E-state index in [0.29, 0.717) is 5.65 Å². The Labute approximate surface area is 138 Å². The molecule has 1 atom stereocenters. The molecule has 0 saturated heterocycles. The number of anilines is 1. The molecule has 0 spiro atoms. The van der Waals surface area contributed by atoms with Crippen molar-refractivity contribution in [2.45, 2.75) is 19.9 Å². The average molecular weight is 320 g/mol. The van der Waals surface area contributed by atoms with Crippen molar-refractivity contribution < 1.29 is 0 Å². The van der Waals surface area contributed by atoms with Crippen molar-refractivity contribution in [3.05, 3.63) is 60.6 Å². The van der Waals surface area contributed by atoms with E-state index in [1.54, 1.807) is 21.9 Å². The molecule has 4 aromatic rings. The highest BCUT2D eigenvalue weighted by Gasteiger charge is 2.11. The molecule has 3 aromatic heterocycles. The molecule has 3 heterocycles. The fourth-order valence-corrected chi connectivity index (χ4v) is 2.63. The summed E-state index contributed by atoms with van der Waals surface area (Å²) in [5, 5.41) is 20.0. The fraction of sp³-hybridized carbons (Fsp3) is 0.188. The zero-order valence-corrected chi connectivity index (χ0v) is 13.3. The summed E-state index contributed by atoms with van der Waals surface area (Å²) in [4.78, 5) is 3.96. The van der Waals surface area contributed by atoms with Crippen molar-refractivity contribution in [1.82, 2.24) is 34.6 Å². The second-order valence-corrected chi connectivity index (χ2v) is 5.60. The summed E-state index contributed by atoms with van der Waals surface area (Å²) in [6.45, 7) is 4.05. The van der Waals surface area contributed by atoms with Crippen molar-refractivity contribution in [3.63, 3.8) is 0 Å². The summed E-state index contributed by atoms with van der Waals surface area (Å²) in [5.74, 6) is 0. The van der Waals surface area contributed by atoms with Crippen LogP contribution in [0.3, 0.4) is 0 Å². The molecule has 8 heteroatoms. The highest BCUT2D eigenvalue weighted by atomic mass is 15.3. The van der Waals surface area contributed by atoms with Crippen LogP contribution in [-0.2, 0) is 0 Å². The summed E-state index contributed by atoms with van der Waals surface area (Å²) in [6, 6.07) is 10.3. The Kier molecular flexibility index (Phi) is 3.42. The van der Waals surface area contributed by atoms with Crippen LogP contribution in [0.25, 0.3) is 11.3 Å². The SMILES string of the molecule is Cc1cc(NC(C)c2ccc(-n3cncn3)cc2)c2nncn2n1. The van der Waals surface area contributed by atoms with Crippen LogP contribution in [0.2, 0.25) is 0 Å². The van der Waals surface area contributed by atoms with E-state index in [1.165, 1.54) is 6.33 Å². The summed E-state index contributed by atoms with van der Waals surface area (Å²) in [6.07, 6.45) is 4.80. The predicted octanol–water partition coefficient (Wildman–Crippen LogP) is 2.19. The number of rotatable bonds is 4. The third kappa shape index (κ3) is 2.58.